The lowest BCUT2D eigenvalue weighted by molar-refractivity contribution is -0.0326. The molecule has 0 aliphatic carbocycles. The van der Waals surface area contributed by atoms with Crippen LogP contribution in [-0.4, -0.2) is 19.1 Å². The summed E-state index contributed by atoms with van der Waals surface area (Å²) in [7, 11) is 0. The Morgan fingerprint density at radius 2 is 1.81 bits per heavy atom. The van der Waals surface area contributed by atoms with Crippen molar-refractivity contribution in [2.75, 3.05) is 6.61 Å². The largest absolute Gasteiger partial charge is 0.366 e. The van der Waals surface area contributed by atoms with Crippen LogP contribution in [0.2, 0.25) is 0 Å². The summed E-state index contributed by atoms with van der Waals surface area (Å²) in [5, 5.41) is 0. The Hall–Kier alpha value is -1.00. The summed E-state index contributed by atoms with van der Waals surface area (Å²) in [6.45, 7) is 3.13. The minimum Gasteiger partial charge on any atom is -0.366 e. The van der Waals surface area contributed by atoms with E-state index in [0.29, 0.717) is 0 Å². The molecule has 2 unspecified atom stereocenters. The molecule has 0 amide bonds. The first-order chi connectivity index (χ1) is 7.50. The molecule has 0 fully saturated rings. The van der Waals surface area contributed by atoms with Crippen molar-refractivity contribution in [3.63, 3.8) is 0 Å². The average Bonchev–Trinajstić information content (AvgIpc) is 2.20. The number of alkyl halides is 2. The number of hydrogen-bond donors (Lipinski definition) is 1. The molecule has 0 radical (unpaired) electrons. The maximum atomic E-state index is 12.1. The molecular formula is C12H17F2NO. The first kappa shape index (κ1) is 13.1. The topological polar surface area (TPSA) is 35.2 Å². The fourth-order valence-electron chi connectivity index (χ4n) is 1.48. The lowest BCUT2D eigenvalue weighted by Crippen LogP contribution is -2.28. The van der Waals surface area contributed by atoms with Gasteiger partial charge in [-0.2, -0.15) is 0 Å². The van der Waals surface area contributed by atoms with Crippen LogP contribution in [0.5, 0.6) is 0 Å². The highest BCUT2D eigenvalue weighted by atomic mass is 19.3. The van der Waals surface area contributed by atoms with Crippen molar-refractivity contribution >= 4 is 0 Å². The number of benzene rings is 1. The molecule has 0 saturated carbocycles. The van der Waals surface area contributed by atoms with Crippen LogP contribution < -0.4 is 5.73 Å². The van der Waals surface area contributed by atoms with E-state index in [1.54, 1.807) is 6.92 Å². The molecule has 1 rings (SSSR count). The Balaban J connectivity index is 2.73. The molecule has 16 heavy (non-hydrogen) atoms. The van der Waals surface area contributed by atoms with Gasteiger partial charge < -0.3 is 10.5 Å². The number of rotatable bonds is 5. The lowest BCUT2D eigenvalue weighted by atomic mass is 10.0. The van der Waals surface area contributed by atoms with Crippen LogP contribution in [0, 0.1) is 6.92 Å². The van der Waals surface area contributed by atoms with Gasteiger partial charge in [0.05, 0.1) is 6.10 Å². The van der Waals surface area contributed by atoms with E-state index in [-0.39, 0.29) is 6.04 Å². The zero-order valence-electron chi connectivity index (χ0n) is 9.49. The van der Waals surface area contributed by atoms with Gasteiger partial charge >= 0.3 is 0 Å². The minimum atomic E-state index is -2.47. The van der Waals surface area contributed by atoms with E-state index in [0.717, 1.165) is 11.1 Å². The number of ether oxygens (including phenoxy) is 1. The zero-order chi connectivity index (χ0) is 12.1. The number of halogens is 2. The summed E-state index contributed by atoms with van der Waals surface area (Å²) < 4.78 is 29.3. The molecule has 4 heteroatoms. The van der Waals surface area contributed by atoms with E-state index in [2.05, 4.69) is 0 Å². The van der Waals surface area contributed by atoms with Crippen LogP contribution in [0.3, 0.4) is 0 Å². The third-order valence-electron chi connectivity index (χ3n) is 2.29. The number of aryl methyl sites for hydroxylation is 1. The van der Waals surface area contributed by atoms with Crippen LogP contribution in [0.15, 0.2) is 24.3 Å². The average molecular weight is 229 g/mol. The highest BCUT2D eigenvalue weighted by Crippen LogP contribution is 2.21. The summed E-state index contributed by atoms with van der Waals surface area (Å²) in [6, 6.07) is 7.22. The number of nitrogens with two attached hydrogens (primary N) is 1. The van der Waals surface area contributed by atoms with Gasteiger partial charge in [0.2, 0.25) is 0 Å². The Labute approximate surface area is 94.4 Å². The molecule has 2 atom stereocenters. The van der Waals surface area contributed by atoms with Crippen LogP contribution in [-0.2, 0) is 4.74 Å². The predicted octanol–water partition coefficient (Wildman–Crippen LogP) is 2.67. The van der Waals surface area contributed by atoms with Crippen LogP contribution in [0.25, 0.3) is 0 Å². The van der Waals surface area contributed by atoms with E-state index >= 15 is 0 Å². The molecule has 1 aromatic rings. The van der Waals surface area contributed by atoms with Crippen molar-refractivity contribution in [3.8, 4) is 0 Å². The molecule has 0 aromatic heterocycles. The highest BCUT2D eigenvalue weighted by molar-refractivity contribution is 5.24. The molecule has 2 nitrogen and oxygen atoms in total. The van der Waals surface area contributed by atoms with E-state index in [1.165, 1.54) is 0 Å². The molecule has 2 N–H and O–H groups in total. The normalized spacial score (nSPS) is 15.1. The van der Waals surface area contributed by atoms with Gasteiger partial charge in [-0.3, -0.25) is 0 Å². The van der Waals surface area contributed by atoms with Crippen LogP contribution in [0.4, 0.5) is 8.78 Å². The van der Waals surface area contributed by atoms with E-state index in [4.69, 9.17) is 10.5 Å². The van der Waals surface area contributed by atoms with Crippen molar-refractivity contribution in [3.05, 3.63) is 35.4 Å². The van der Waals surface area contributed by atoms with Gasteiger partial charge in [-0.1, -0.05) is 29.8 Å². The maximum absolute atomic E-state index is 12.1. The van der Waals surface area contributed by atoms with Gasteiger partial charge in [0.15, 0.2) is 0 Å². The van der Waals surface area contributed by atoms with Gasteiger partial charge in [0.25, 0.3) is 6.43 Å². The second kappa shape index (κ2) is 5.92. The molecule has 1 aromatic carbocycles. The maximum Gasteiger partial charge on any atom is 0.261 e. The smallest absolute Gasteiger partial charge is 0.261 e. The standard InChI is InChI=1S/C12H17F2NO/c1-8-3-5-10(6-4-8)12(9(2)15)16-7-11(13)14/h3-6,9,11-12H,7,15H2,1-2H3. The summed E-state index contributed by atoms with van der Waals surface area (Å²) in [6.07, 6.45) is -2.94. The molecular weight excluding hydrogens is 212 g/mol. The van der Waals surface area contributed by atoms with Crippen LogP contribution in [0.1, 0.15) is 24.2 Å². The summed E-state index contributed by atoms with van der Waals surface area (Å²) in [4.78, 5) is 0. The van der Waals surface area contributed by atoms with Crippen molar-refractivity contribution in [1.29, 1.82) is 0 Å². The molecule has 0 saturated heterocycles. The molecule has 0 aliphatic heterocycles. The van der Waals surface area contributed by atoms with Gasteiger partial charge in [0, 0.05) is 6.04 Å². The molecule has 90 valence electrons. The Kier molecular flexibility index (Phi) is 4.83. The van der Waals surface area contributed by atoms with E-state index in [1.807, 2.05) is 31.2 Å². The quantitative estimate of drug-likeness (QED) is 0.842. The zero-order valence-corrected chi connectivity index (χ0v) is 9.49. The van der Waals surface area contributed by atoms with E-state index < -0.39 is 19.1 Å². The second-order valence-corrected chi connectivity index (χ2v) is 3.91. The molecule has 0 aliphatic rings. The third-order valence-corrected chi connectivity index (χ3v) is 2.29. The van der Waals surface area contributed by atoms with Crippen LogP contribution >= 0.6 is 0 Å². The summed E-state index contributed by atoms with van der Waals surface area (Å²) >= 11 is 0. The lowest BCUT2D eigenvalue weighted by Gasteiger charge is -2.21. The SMILES string of the molecule is Cc1ccc(C(OCC(F)F)C(C)N)cc1. The summed E-state index contributed by atoms with van der Waals surface area (Å²) in [5.74, 6) is 0. The van der Waals surface area contributed by atoms with Crippen molar-refractivity contribution in [2.24, 2.45) is 5.73 Å². The van der Waals surface area contributed by atoms with Crippen molar-refractivity contribution in [1.82, 2.24) is 0 Å². The third kappa shape index (κ3) is 3.87. The fraction of sp³-hybridized carbons (Fsp3) is 0.500. The van der Waals surface area contributed by atoms with Gasteiger partial charge in [-0.25, -0.2) is 8.78 Å². The molecule has 0 spiro atoms. The first-order valence-corrected chi connectivity index (χ1v) is 5.22. The predicted molar refractivity (Wildman–Crippen MR) is 59.5 cm³/mol. The van der Waals surface area contributed by atoms with Crippen molar-refractivity contribution < 1.29 is 13.5 Å². The fourth-order valence-corrected chi connectivity index (χ4v) is 1.48. The van der Waals surface area contributed by atoms with Gasteiger partial charge in [-0.15, -0.1) is 0 Å². The minimum absolute atomic E-state index is 0.318. The summed E-state index contributed by atoms with van der Waals surface area (Å²) in [5.41, 5.74) is 7.67. The highest BCUT2D eigenvalue weighted by Gasteiger charge is 2.18. The molecule has 0 heterocycles. The van der Waals surface area contributed by atoms with E-state index in [9.17, 15) is 8.78 Å². The first-order valence-electron chi connectivity index (χ1n) is 5.22. The Morgan fingerprint density at radius 1 is 1.25 bits per heavy atom. The van der Waals surface area contributed by atoms with Crippen molar-refractivity contribution in [2.45, 2.75) is 32.4 Å². The van der Waals surface area contributed by atoms with Gasteiger partial charge in [-0.05, 0) is 19.4 Å². The van der Waals surface area contributed by atoms with Gasteiger partial charge in [0.1, 0.15) is 6.61 Å². The monoisotopic (exact) mass is 229 g/mol. The number of hydrogen-bond acceptors (Lipinski definition) is 2. The molecule has 0 bridgehead atoms. The Bertz CT molecular complexity index is 311. The Morgan fingerprint density at radius 3 is 2.25 bits per heavy atom. The second-order valence-electron chi connectivity index (χ2n) is 3.91.